The van der Waals surface area contributed by atoms with Crippen LogP contribution in [0.3, 0.4) is 0 Å². The van der Waals surface area contributed by atoms with Gasteiger partial charge in [0.2, 0.25) is 0 Å². The van der Waals surface area contributed by atoms with E-state index >= 15 is 0 Å². The molecule has 3 rings (SSSR count). The number of nitrogens with two attached hydrogens (primary N) is 1. The predicted octanol–water partition coefficient (Wildman–Crippen LogP) is 1.66. The van der Waals surface area contributed by atoms with Crippen LogP contribution in [0.15, 0.2) is 40.4 Å². The second-order valence-electron chi connectivity index (χ2n) is 5.62. The van der Waals surface area contributed by atoms with Crippen LogP contribution in [0, 0.1) is 0 Å². The third-order valence-corrected chi connectivity index (χ3v) is 3.97. The molecule has 23 heavy (non-hydrogen) atoms. The number of aromatic nitrogens is 2. The van der Waals surface area contributed by atoms with E-state index in [0.29, 0.717) is 17.9 Å². The molecule has 0 radical (unpaired) electrons. The maximum absolute atomic E-state index is 13.2. The largest absolute Gasteiger partial charge is 0.414 e. The first-order valence-corrected chi connectivity index (χ1v) is 7.13. The zero-order chi connectivity index (χ0) is 16.8. The number of rotatable bonds is 3. The van der Waals surface area contributed by atoms with Gasteiger partial charge in [-0.3, -0.25) is 9.67 Å². The number of aliphatic imine (C=N–C) groups is 1. The number of hydrogen-bond donors (Lipinski definition) is 3. The molecule has 9 heteroatoms. The molecule has 0 amide bonds. The molecule has 3 heterocycles. The fourth-order valence-corrected chi connectivity index (χ4v) is 2.77. The summed E-state index contributed by atoms with van der Waals surface area (Å²) in [4.78, 5) is 3.98. The molecule has 1 aromatic rings. The first kappa shape index (κ1) is 15.6. The Morgan fingerprint density at radius 2 is 2.22 bits per heavy atom. The summed E-state index contributed by atoms with van der Waals surface area (Å²) in [6.07, 6.45) is 0.807. The summed E-state index contributed by atoms with van der Waals surface area (Å²) in [5.74, 6) is 0.670. The minimum atomic E-state index is -4.44. The van der Waals surface area contributed by atoms with E-state index in [1.165, 1.54) is 0 Å². The van der Waals surface area contributed by atoms with E-state index in [1.807, 2.05) is 0 Å². The van der Waals surface area contributed by atoms with Gasteiger partial charge in [0, 0.05) is 18.8 Å². The van der Waals surface area contributed by atoms with Crippen molar-refractivity contribution >= 4 is 11.5 Å². The zero-order valence-electron chi connectivity index (χ0n) is 12.7. The summed E-state index contributed by atoms with van der Waals surface area (Å²) in [6.45, 7) is 1.34. The molecule has 0 saturated heterocycles. The molecule has 0 fully saturated rings. The number of nitrogens with zero attached hydrogens (tertiary/aromatic N) is 3. The van der Waals surface area contributed by atoms with Crippen LogP contribution in [0.1, 0.15) is 13.3 Å². The lowest BCUT2D eigenvalue weighted by molar-refractivity contribution is -0.0927. The van der Waals surface area contributed by atoms with Crippen molar-refractivity contribution in [2.45, 2.75) is 25.1 Å². The second kappa shape index (κ2) is 5.12. The van der Waals surface area contributed by atoms with Crippen molar-refractivity contribution in [1.29, 1.82) is 0 Å². The molecule has 0 saturated carbocycles. The van der Waals surface area contributed by atoms with Gasteiger partial charge in [-0.1, -0.05) is 6.92 Å². The molecule has 0 spiro atoms. The van der Waals surface area contributed by atoms with Crippen molar-refractivity contribution in [2.75, 3.05) is 11.9 Å². The monoisotopic (exact) mass is 326 g/mol. The average molecular weight is 326 g/mol. The Morgan fingerprint density at radius 1 is 1.48 bits per heavy atom. The SMILES string of the molecule is CCC1(N)C=C(Nc2cnn(C)c2)NC2=NCC(C(F)(F)F)=C21. The van der Waals surface area contributed by atoms with Gasteiger partial charge >= 0.3 is 6.18 Å². The maximum Gasteiger partial charge on any atom is 0.414 e. The highest BCUT2D eigenvalue weighted by Gasteiger charge is 2.47. The van der Waals surface area contributed by atoms with E-state index in [9.17, 15) is 13.2 Å². The van der Waals surface area contributed by atoms with Crippen LogP contribution in [0.5, 0.6) is 0 Å². The van der Waals surface area contributed by atoms with Crippen LogP contribution >= 0.6 is 0 Å². The fourth-order valence-electron chi connectivity index (χ4n) is 2.77. The standard InChI is InChI=1S/C14H17F3N6/c1-3-13(18)4-10(21-8-5-20-23(2)7-8)22-12-11(13)9(6-19-12)14(15,16)17/h4-5,7,21H,3,6,18H2,1-2H3,(H,19,22). The molecule has 1 aromatic heterocycles. The van der Waals surface area contributed by atoms with Crippen molar-refractivity contribution in [3.05, 3.63) is 35.4 Å². The summed E-state index contributed by atoms with van der Waals surface area (Å²) in [6, 6.07) is 0. The molecule has 2 aliphatic rings. The van der Waals surface area contributed by atoms with Crippen LogP contribution in [-0.2, 0) is 7.05 Å². The van der Waals surface area contributed by atoms with Crippen molar-refractivity contribution in [2.24, 2.45) is 17.8 Å². The second-order valence-corrected chi connectivity index (χ2v) is 5.62. The molecule has 2 aliphatic heterocycles. The minimum absolute atomic E-state index is 0.0317. The minimum Gasteiger partial charge on any atom is -0.339 e. The molecule has 1 atom stereocenters. The first-order valence-electron chi connectivity index (χ1n) is 7.13. The number of halogens is 3. The lowest BCUT2D eigenvalue weighted by Crippen LogP contribution is -2.51. The fraction of sp³-hybridized carbons (Fsp3) is 0.429. The molecular formula is C14H17F3N6. The van der Waals surface area contributed by atoms with Gasteiger partial charge in [0.15, 0.2) is 0 Å². The highest BCUT2D eigenvalue weighted by Crippen LogP contribution is 2.39. The normalized spacial score (nSPS) is 24.1. The van der Waals surface area contributed by atoms with Crippen LogP contribution in [0.25, 0.3) is 0 Å². The Hall–Kier alpha value is -2.29. The molecule has 1 unspecified atom stereocenters. The van der Waals surface area contributed by atoms with E-state index < -0.39 is 23.8 Å². The Morgan fingerprint density at radius 3 is 2.78 bits per heavy atom. The Kier molecular flexibility index (Phi) is 3.47. The lowest BCUT2D eigenvalue weighted by Gasteiger charge is -2.34. The van der Waals surface area contributed by atoms with E-state index in [-0.39, 0.29) is 11.4 Å². The third kappa shape index (κ3) is 2.72. The smallest absolute Gasteiger partial charge is 0.339 e. The Labute approximate surface area is 130 Å². The first-order chi connectivity index (χ1) is 10.7. The highest BCUT2D eigenvalue weighted by molar-refractivity contribution is 6.06. The number of alkyl halides is 3. The summed E-state index contributed by atoms with van der Waals surface area (Å²) in [5, 5.41) is 9.98. The van der Waals surface area contributed by atoms with Crippen LogP contribution in [-0.4, -0.2) is 33.9 Å². The molecular weight excluding hydrogens is 309 g/mol. The van der Waals surface area contributed by atoms with E-state index in [4.69, 9.17) is 5.73 Å². The zero-order valence-corrected chi connectivity index (χ0v) is 12.7. The van der Waals surface area contributed by atoms with Crippen molar-refractivity contribution < 1.29 is 13.2 Å². The number of aryl methyl sites for hydroxylation is 1. The number of hydrogen-bond acceptors (Lipinski definition) is 5. The summed E-state index contributed by atoms with van der Waals surface area (Å²) in [5.41, 5.74) is 5.09. The predicted molar refractivity (Wildman–Crippen MR) is 80.6 cm³/mol. The molecule has 6 nitrogen and oxygen atoms in total. The van der Waals surface area contributed by atoms with E-state index in [1.54, 1.807) is 37.1 Å². The van der Waals surface area contributed by atoms with Crippen LogP contribution in [0.2, 0.25) is 0 Å². The number of nitrogens with one attached hydrogen (secondary N) is 2. The summed E-state index contributed by atoms with van der Waals surface area (Å²) >= 11 is 0. The third-order valence-electron chi connectivity index (χ3n) is 3.97. The topological polar surface area (TPSA) is 80.3 Å². The van der Waals surface area contributed by atoms with Gasteiger partial charge < -0.3 is 16.4 Å². The van der Waals surface area contributed by atoms with Crippen LogP contribution < -0.4 is 16.4 Å². The van der Waals surface area contributed by atoms with Gasteiger partial charge in [-0.05, 0) is 12.5 Å². The summed E-state index contributed by atoms with van der Waals surface area (Å²) in [7, 11) is 1.77. The molecule has 124 valence electrons. The summed E-state index contributed by atoms with van der Waals surface area (Å²) < 4.78 is 41.2. The van der Waals surface area contributed by atoms with E-state index in [2.05, 4.69) is 20.7 Å². The average Bonchev–Trinajstić information content (AvgIpc) is 3.05. The van der Waals surface area contributed by atoms with Gasteiger partial charge in [0.1, 0.15) is 11.7 Å². The van der Waals surface area contributed by atoms with Crippen LogP contribution in [0.4, 0.5) is 18.9 Å². The lowest BCUT2D eigenvalue weighted by atomic mass is 9.82. The van der Waals surface area contributed by atoms with Crippen molar-refractivity contribution in [1.82, 2.24) is 15.1 Å². The van der Waals surface area contributed by atoms with Crippen molar-refractivity contribution in [3.63, 3.8) is 0 Å². The van der Waals surface area contributed by atoms with Gasteiger partial charge in [0.25, 0.3) is 0 Å². The maximum atomic E-state index is 13.2. The number of fused-ring (bicyclic) bond motifs is 1. The van der Waals surface area contributed by atoms with E-state index in [0.717, 1.165) is 0 Å². The van der Waals surface area contributed by atoms with Gasteiger partial charge in [-0.2, -0.15) is 18.3 Å². The number of amidine groups is 1. The van der Waals surface area contributed by atoms with Gasteiger partial charge in [0.05, 0.1) is 29.5 Å². The molecule has 4 N–H and O–H groups in total. The quantitative estimate of drug-likeness (QED) is 0.789. The highest BCUT2D eigenvalue weighted by atomic mass is 19.4. The Balaban J connectivity index is 1.99. The Bertz CT molecular complexity index is 727. The van der Waals surface area contributed by atoms with Crippen molar-refractivity contribution in [3.8, 4) is 0 Å². The molecule has 0 aromatic carbocycles. The molecule has 0 aliphatic carbocycles. The number of anilines is 1. The molecule has 0 bridgehead atoms. The van der Waals surface area contributed by atoms with Gasteiger partial charge in [-0.15, -0.1) is 0 Å². The van der Waals surface area contributed by atoms with Gasteiger partial charge in [-0.25, -0.2) is 0 Å².